The molecule has 3 aromatic carbocycles. The molecule has 5 aliphatic rings. The van der Waals surface area contributed by atoms with E-state index in [1.165, 1.54) is 44.9 Å². The molecule has 3 heterocycles. The minimum atomic E-state index is -3.14. The lowest BCUT2D eigenvalue weighted by Gasteiger charge is -2.37. The van der Waals surface area contributed by atoms with Crippen LogP contribution in [0.1, 0.15) is 99.8 Å². The molecule has 3 N–H and O–H groups in total. The fourth-order valence-corrected chi connectivity index (χ4v) is 10.4. The van der Waals surface area contributed by atoms with E-state index in [1.54, 1.807) is 12.1 Å². The number of nitrogens with one attached hydrogen (secondary N) is 3. The highest BCUT2D eigenvalue weighted by atomic mass is 19.3. The number of methoxy groups -OCH3 is 1. The van der Waals surface area contributed by atoms with Crippen LogP contribution in [0.5, 0.6) is 0 Å². The van der Waals surface area contributed by atoms with Crippen LogP contribution in [0.15, 0.2) is 66.7 Å². The standard InChI is InChI=1S/C44H45F2N5O3/c1-23(2)38(50-42(53)54-3)41(52)51-29-8-4-27(18-29)39(51)40-48-36-11-7-25(21-37(36)49-40)24-5-9-30-31-10-6-26(20-33(31)44(45,46)32(30)19-24)34-12-13-35(47-34)28-14-15-43(22-28)16-17-43/h5-7,9-13,19-21,23,27-29,38-39,47H,4,8,14-18,22H2,1-3H3,(H,48,49)(H,50,53)/t27-,28-,29+,38+,39-/m0/s1. The van der Waals surface area contributed by atoms with Crippen LogP contribution >= 0.6 is 0 Å². The molecule has 0 radical (unpaired) electrons. The Morgan fingerprint density at radius 3 is 2.33 bits per heavy atom. The number of carbonyl (C=O) groups is 2. The van der Waals surface area contributed by atoms with Crippen LogP contribution in [0.2, 0.25) is 0 Å². The Bertz CT molecular complexity index is 2340. The van der Waals surface area contributed by atoms with Crippen molar-refractivity contribution in [2.45, 2.75) is 95.2 Å². The number of hydrogen-bond acceptors (Lipinski definition) is 4. The topological polar surface area (TPSA) is 103 Å². The van der Waals surface area contributed by atoms with Crippen molar-refractivity contribution < 1.29 is 23.1 Å². The van der Waals surface area contributed by atoms with Gasteiger partial charge >= 0.3 is 6.09 Å². The van der Waals surface area contributed by atoms with Crippen LogP contribution in [0.4, 0.5) is 13.6 Å². The molecule has 3 saturated carbocycles. The van der Waals surface area contributed by atoms with Crippen LogP contribution in [-0.2, 0) is 15.5 Å². The van der Waals surface area contributed by atoms with Gasteiger partial charge in [0.25, 0.3) is 5.92 Å². The van der Waals surface area contributed by atoms with Crippen molar-refractivity contribution in [3.63, 3.8) is 0 Å². The molecule has 1 spiro atoms. The van der Waals surface area contributed by atoms with Crippen LogP contribution in [0.25, 0.3) is 44.5 Å². The third-order valence-corrected chi connectivity index (χ3v) is 13.5. The zero-order valence-electron chi connectivity index (χ0n) is 30.8. The van der Waals surface area contributed by atoms with E-state index in [2.05, 4.69) is 21.4 Å². The number of nitrogens with zero attached hydrogens (tertiary/aromatic N) is 2. The molecule has 10 rings (SSSR count). The Morgan fingerprint density at radius 1 is 0.889 bits per heavy atom. The quantitative estimate of drug-likeness (QED) is 0.155. The molecule has 8 nitrogen and oxygen atoms in total. The van der Waals surface area contributed by atoms with Gasteiger partial charge in [0.2, 0.25) is 5.91 Å². The van der Waals surface area contributed by atoms with Crippen molar-refractivity contribution in [2.24, 2.45) is 17.3 Å². The van der Waals surface area contributed by atoms with Gasteiger partial charge in [0.1, 0.15) is 11.9 Å². The number of imidazole rings is 1. The molecule has 5 atom stereocenters. The maximum absolute atomic E-state index is 16.4. The van der Waals surface area contributed by atoms with Crippen LogP contribution in [-0.4, -0.2) is 51.0 Å². The molecule has 10 heteroatoms. The van der Waals surface area contributed by atoms with Gasteiger partial charge in [-0.2, -0.15) is 8.78 Å². The van der Waals surface area contributed by atoms with E-state index in [0.717, 1.165) is 47.1 Å². The molecule has 4 aliphatic carbocycles. The van der Waals surface area contributed by atoms with E-state index in [-0.39, 0.29) is 41.0 Å². The number of carbonyl (C=O) groups excluding carboxylic acids is 2. The molecule has 0 unspecified atom stereocenters. The van der Waals surface area contributed by atoms with E-state index in [4.69, 9.17) is 9.72 Å². The fraction of sp³-hybridized carbons (Fsp3) is 0.432. The number of halogens is 2. The minimum Gasteiger partial charge on any atom is -0.453 e. The SMILES string of the molecule is COC(=O)N[C@@H](C(=O)N1[C@@H]2CC[C@@H](C2)[C@H]1c1nc2ccc(-c3ccc4c(c3)C(F)(F)c3cc(-c5ccc([C@H]6CCC7(CC7)C6)[nH]5)ccc3-4)cc2[nH]1)C(C)C. The van der Waals surface area contributed by atoms with Gasteiger partial charge in [-0.15, -0.1) is 0 Å². The number of piperidine rings is 1. The molecule has 278 valence electrons. The summed E-state index contributed by atoms with van der Waals surface area (Å²) in [6.45, 7) is 3.82. The number of alkyl carbamates (subject to hydrolysis) is 1. The molecule has 2 aromatic heterocycles. The predicted molar refractivity (Wildman–Crippen MR) is 203 cm³/mol. The largest absolute Gasteiger partial charge is 0.453 e. The summed E-state index contributed by atoms with van der Waals surface area (Å²) in [4.78, 5) is 40.1. The van der Waals surface area contributed by atoms with Gasteiger partial charge in [-0.3, -0.25) is 4.79 Å². The smallest absolute Gasteiger partial charge is 0.407 e. The fourth-order valence-electron chi connectivity index (χ4n) is 10.4. The summed E-state index contributed by atoms with van der Waals surface area (Å²) in [6.07, 6.45) is 8.61. The highest BCUT2D eigenvalue weighted by Crippen LogP contribution is 2.62. The third kappa shape index (κ3) is 5.22. The second kappa shape index (κ2) is 12.0. The normalized spacial score (nSPS) is 24.7. The van der Waals surface area contributed by atoms with Crippen LogP contribution < -0.4 is 5.32 Å². The Kier molecular flexibility index (Phi) is 7.46. The highest BCUT2D eigenvalue weighted by molar-refractivity contribution is 5.88. The Balaban J connectivity index is 0.921. The average molecular weight is 730 g/mol. The highest BCUT2D eigenvalue weighted by Gasteiger charge is 2.52. The van der Waals surface area contributed by atoms with E-state index in [1.807, 2.05) is 67.3 Å². The number of likely N-dealkylation sites (tertiary alicyclic amines) is 1. The van der Waals surface area contributed by atoms with E-state index in [9.17, 15) is 9.59 Å². The van der Waals surface area contributed by atoms with Gasteiger partial charge in [0.15, 0.2) is 0 Å². The molecule has 2 bridgehead atoms. The molecule has 54 heavy (non-hydrogen) atoms. The maximum atomic E-state index is 16.4. The molecule has 2 amide bonds. The van der Waals surface area contributed by atoms with Gasteiger partial charge < -0.3 is 24.9 Å². The Morgan fingerprint density at radius 2 is 1.61 bits per heavy atom. The number of alkyl halides is 2. The predicted octanol–water partition coefficient (Wildman–Crippen LogP) is 9.83. The first-order valence-corrected chi connectivity index (χ1v) is 19.6. The number of aromatic nitrogens is 3. The van der Waals surface area contributed by atoms with Gasteiger partial charge in [-0.25, -0.2) is 9.78 Å². The van der Waals surface area contributed by atoms with Gasteiger partial charge in [-0.1, -0.05) is 44.2 Å². The summed E-state index contributed by atoms with van der Waals surface area (Å²) in [6, 6.07) is 19.9. The lowest BCUT2D eigenvalue weighted by molar-refractivity contribution is -0.139. The molecule has 1 saturated heterocycles. The lowest BCUT2D eigenvalue weighted by Crippen LogP contribution is -2.54. The number of aromatic amines is 2. The second-order valence-electron chi connectivity index (χ2n) is 17.0. The molecule has 4 fully saturated rings. The summed E-state index contributed by atoms with van der Waals surface area (Å²) in [5, 5.41) is 2.74. The first-order chi connectivity index (χ1) is 26.0. The first-order valence-electron chi connectivity index (χ1n) is 19.6. The number of rotatable bonds is 7. The van der Waals surface area contributed by atoms with Crippen molar-refractivity contribution in [1.82, 2.24) is 25.2 Å². The monoisotopic (exact) mass is 729 g/mol. The summed E-state index contributed by atoms with van der Waals surface area (Å²) >= 11 is 0. The van der Waals surface area contributed by atoms with Gasteiger partial charge in [-0.05, 0) is 139 Å². The number of ether oxygens (including phenoxy) is 1. The van der Waals surface area contributed by atoms with Crippen molar-refractivity contribution in [2.75, 3.05) is 7.11 Å². The lowest BCUT2D eigenvalue weighted by atomic mass is 9.95. The van der Waals surface area contributed by atoms with Crippen LogP contribution in [0.3, 0.4) is 0 Å². The number of H-pyrrole nitrogens is 2. The minimum absolute atomic E-state index is 0.0156. The zero-order valence-corrected chi connectivity index (χ0v) is 30.8. The van der Waals surface area contributed by atoms with E-state index < -0.39 is 18.1 Å². The van der Waals surface area contributed by atoms with E-state index in [0.29, 0.717) is 33.8 Å². The number of hydrogen-bond donors (Lipinski definition) is 3. The van der Waals surface area contributed by atoms with Crippen molar-refractivity contribution >= 4 is 23.0 Å². The first kappa shape index (κ1) is 33.6. The summed E-state index contributed by atoms with van der Waals surface area (Å²) in [5.41, 5.74) is 7.69. The second-order valence-corrected chi connectivity index (χ2v) is 17.0. The molecule has 5 aromatic rings. The summed E-state index contributed by atoms with van der Waals surface area (Å²) in [5.74, 6) is -1.91. The van der Waals surface area contributed by atoms with Crippen molar-refractivity contribution in [3.05, 3.63) is 89.4 Å². The third-order valence-electron chi connectivity index (χ3n) is 13.5. The number of benzene rings is 3. The maximum Gasteiger partial charge on any atom is 0.407 e. The molecule has 1 aliphatic heterocycles. The number of amides is 2. The molecular weight excluding hydrogens is 685 g/mol. The summed E-state index contributed by atoms with van der Waals surface area (Å²) in [7, 11) is 1.29. The van der Waals surface area contributed by atoms with Gasteiger partial charge in [0.05, 0.1) is 24.2 Å². The van der Waals surface area contributed by atoms with Crippen LogP contribution in [0, 0.1) is 17.3 Å². The van der Waals surface area contributed by atoms with Crippen molar-refractivity contribution in [3.8, 4) is 33.5 Å². The van der Waals surface area contributed by atoms with Crippen molar-refractivity contribution in [1.29, 1.82) is 0 Å². The Hall–Kier alpha value is -4.99. The average Bonchev–Trinajstić information content (AvgIpc) is 3.83. The Labute approximate surface area is 313 Å². The molecular formula is C44H45F2N5O3. The zero-order chi connectivity index (χ0) is 37.1. The van der Waals surface area contributed by atoms with Gasteiger partial charge in [0, 0.05) is 28.6 Å². The van der Waals surface area contributed by atoms with E-state index >= 15 is 8.78 Å². The number of fused-ring (bicyclic) bond motifs is 6. The summed E-state index contributed by atoms with van der Waals surface area (Å²) < 4.78 is 37.6.